The summed E-state index contributed by atoms with van der Waals surface area (Å²) in [6.07, 6.45) is 8.70. The Labute approximate surface area is 206 Å². The summed E-state index contributed by atoms with van der Waals surface area (Å²) < 4.78 is 13.5. The number of piperidine rings is 1. The van der Waals surface area contributed by atoms with Crippen molar-refractivity contribution < 1.29 is 19.1 Å². The second-order valence-electron chi connectivity index (χ2n) is 10.1. The van der Waals surface area contributed by atoms with E-state index in [0.717, 1.165) is 47.3 Å². The van der Waals surface area contributed by atoms with Crippen LogP contribution >= 0.6 is 0 Å². The molecule has 3 aromatic rings. The van der Waals surface area contributed by atoms with E-state index in [2.05, 4.69) is 42.1 Å². The average molecular weight is 479 g/mol. The van der Waals surface area contributed by atoms with Crippen LogP contribution in [0.5, 0.6) is 0 Å². The zero-order valence-corrected chi connectivity index (χ0v) is 20.5. The number of hydrogen-bond acceptors (Lipinski definition) is 2. The number of carbonyl (C=O) groups excluding carboxylic acids is 1. The summed E-state index contributed by atoms with van der Waals surface area (Å²) in [6, 6.07) is 13.3. The molecule has 5 nitrogen and oxygen atoms in total. The van der Waals surface area contributed by atoms with Crippen molar-refractivity contribution in [3.8, 4) is 11.1 Å². The molecule has 0 bridgehead atoms. The number of halogens is 1. The Morgan fingerprint density at radius 3 is 2.66 bits per heavy atom. The van der Waals surface area contributed by atoms with Crippen LogP contribution in [0.3, 0.4) is 0 Å². The van der Waals surface area contributed by atoms with Gasteiger partial charge in [-0.2, -0.15) is 0 Å². The molecule has 2 aromatic carbocycles. The van der Waals surface area contributed by atoms with Gasteiger partial charge in [0.25, 0.3) is 6.47 Å². The molecule has 4 unspecified atom stereocenters. The summed E-state index contributed by atoms with van der Waals surface area (Å²) in [5.41, 5.74) is 4.29. The summed E-state index contributed by atoms with van der Waals surface area (Å²) in [7, 11) is 0. The van der Waals surface area contributed by atoms with Gasteiger partial charge in [-0.05, 0) is 71.9 Å². The minimum absolute atomic E-state index is 0.110. The van der Waals surface area contributed by atoms with Crippen LogP contribution in [-0.2, 0) is 9.59 Å². The fraction of sp³-hybridized carbons (Fsp3) is 0.448. The van der Waals surface area contributed by atoms with Gasteiger partial charge in [0, 0.05) is 36.1 Å². The number of hydrogen-bond donors (Lipinski definition) is 2. The third-order valence-electron chi connectivity index (χ3n) is 7.94. The van der Waals surface area contributed by atoms with Crippen LogP contribution in [-0.4, -0.2) is 40.0 Å². The number of carboxylic acid groups (broad SMARTS) is 1. The maximum atomic E-state index is 13.5. The Hall–Kier alpha value is -3.15. The van der Waals surface area contributed by atoms with E-state index in [1.807, 2.05) is 18.2 Å². The fourth-order valence-electron chi connectivity index (χ4n) is 6.25. The summed E-state index contributed by atoms with van der Waals surface area (Å²) in [5.74, 6) is 1.59. The Morgan fingerprint density at radius 1 is 1.17 bits per heavy atom. The number of fused-ring (bicyclic) bond motifs is 2. The van der Waals surface area contributed by atoms with Crippen LogP contribution in [0.1, 0.15) is 63.9 Å². The highest BCUT2D eigenvalue weighted by atomic mass is 19.1. The topological polar surface area (TPSA) is 73.4 Å². The zero-order chi connectivity index (χ0) is 24.9. The van der Waals surface area contributed by atoms with Crippen LogP contribution in [0, 0.1) is 17.7 Å². The van der Waals surface area contributed by atoms with Gasteiger partial charge in [-0.15, -0.1) is 0 Å². The first-order valence-electron chi connectivity index (χ1n) is 12.7. The number of benzene rings is 2. The number of aromatic nitrogens is 1. The molecule has 0 radical (unpaired) electrons. The van der Waals surface area contributed by atoms with E-state index in [9.17, 15) is 9.18 Å². The lowest BCUT2D eigenvalue weighted by molar-refractivity contribution is -0.138. The number of amides is 1. The van der Waals surface area contributed by atoms with E-state index in [0.29, 0.717) is 24.3 Å². The van der Waals surface area contributed by atoms with Crippen LogP contribution in [0.25, 0.3) is 22.0 Å². The molecule has 1 aromatic heterocycles. The molecule has 1 saturated heterocycles. The molecule has 1 saturated carbocycles. The fourth-order valence-corrected chi connectivity index (χ4v) is 6.25. The predicted octanol–water partition coefficient (Wildman–Crippen LogP) is 6.60. The quantitative estimate of drug-likeness (QED) is 0.415. The Morgan fingerprint density at radius 2 is 1.91 bits per heavy atom. The van der Waals surface area contributed by atoms with Gasteiger partial charge >= 0.3 is 0 Å². The first-order valence-corrected chi connectivity index (χ1v) is 12.7. The molecule has 186 valence electrons. The van der Waals surface area contributed by atoms with Crippen molar-refractivity contribution in [3.63, 3.8) is 0 Å². The van der Waals surface area contributed by atoms with Gasteiger partial charge in [0.2, 0.25) is 5.91 Å². The minimum atomic E-state index is -0.250. The van der Waals surface area contributed by atoms with Crippen LogP contribution < -0.4 is 0 Å². The zero-order valence-electron chi connectivity index (χ0n) is 20.5. The molecule has 2 aliphatic rings. The second kappa shape index (κ2) is 11.1. The van der Waals surface area contributed by atoms with Crippen molar-refractivity contribution in [1.82, 2.24) is 9.88 Å². The lowest BCUT2D eigenvalue weighted by Gasteiger charge is -2.47. The van der Waals surface area contributed by atoms with Crippen molar-refractivity contribution in [3.05, 3.63) is 60.0 Å². The largest absolute Gasteiger partial charge is 0.483 e. The molecule has 4 atom stereocenters. The van der Waals surface area contributed by atoms with Gasteiger partial charge in [0.05, 0.1) is 0 Å². The molecule has 6 heteroatoms. The number of aromatic amines is 1. The van der Waals surface area contributed by atoms with Gasteiger partial charge in [-0.25, -0.2) is 4.39 Å². The highest BCUT2D eigenvalue weighted by Crippen LogP contribution is 2.40. The maximum absolute atomic E-state index is 13.5. The van der Waals surface area contributed by atoms with Gasteiger partial charge in [-0.1, -0.05) is 51.0 Å². The van der Waals surface area contributed by atoms with E-state index < -0.39 is 0 Å². The first-order chi connectivity index (χ1) is 16.9. The van der Waals surface area contributed by atoms with Crippen LogP contribution in [0.15, 0.2) is 48.7 Å². The predicted molar refractivity (Wildman–Crippen MR) is 137 cm³/mol. The molecule has 5 rings (SSSR count). The van der Waals surface area contributed by atoms with E-state index >= 15 is 0 Å². The molecule has 0 spiro atoms. The lowest BCUT2D eigenvalue weighted by Crippen LogP contribution is -2.51. The SMILES string of the molecule is CC(CC(=O)N1CCCC2C(C)CCCC21)c1c[nH]c2cccc(-c3ccc(F)cc3)c12.O=CO. The van der Waals surface area contributed by atoms with Crippen LogP contribution in [0.2, 0.25) is 0 Å². The number of rotatable bonds is 4. The van der Waals surface area contributed by atoms with Crippen molar-refractivity contribution in [1.29, 1.82) is 0 Å². The molecule has 35 heavy (non-hydrogen) atoms. The number of carbonyl (C=O) groups is 2. The highest BCUT2D eigenvalue weighted by molar-refractivity contribution is 5.98. The Kier molecular flexibility index (Phi) is 7.89. The van der Waals surface area contributed by atoms with Gasteiger partial charge in [-0.3, -0.25) is 9.59 Å². The number of nitrogens with zero attached hydrogens (tertiary/aromatic N) is 1. The van der Waals surface area contributed by atoms with Crippen LogP contribution in [0.4, 0.5) is 4.39 Å². The van der Waals surface area contributed by atoms with E-state index in [1.54, 1.807) is 0 Å². The molecular formula is C29H35FN2O3. The molecule has 2 heterocycles. The smallest absolute Gasteiger partial charge is 0.290 e. The maximum Gasteiger partial charge on any atom is 0.290 e. The third-order valence-corrected chi connectivity index (χ3v) is 7.94. The molecule has 1 aliphatic carbocycles. The number of likely N-dealkylation sites (tertiary alicyclic amines) is 1. The summed E-state index contributed by atoms with van der Waals surface area (Å²) in [4.78, 5) is 27.4. The third kappa shape index (κ3) is 5.26. The number of H-pyrrole nitrogens is 1. The van der Waals surface area contributed by atoms with E-state index in [4.69, 9.17) is 9.90 Å². The van der Waals surface area contributed by atoms with Gasteiger partial charge in [0.15, 0.2) is 0 Å². The lowest BCUT2D eigenvalue weighted by atomic mass is 9.72. The van der Waals surface area contributed by atoms with Crippen molar-refractivity contribution >= 4 is 23.3 Å². The standard InChI is InChI=1S/C28H33FN2O.CH2O2/c1-18-6-3-10-26-22(18)8-5-15-31(26)27(32)16-19(2)24-17-30-25-9-4-7-23(28(24)25)20-11-13-21(29)14-12-20;2-1-3/h4,7,9,11-14,17-19,22,26,30H,3,5-6,8,10,15-16H2,1-2H3;1H,(H,2,3). The Balaban J connectivity index is 0.000000917. The van der Waals surface area contributed by atoms with Gasteiger partial charge < -0.3 is 15.0 Å². The highest BCUT2D eigenvalue weighted by Gasteiger charge is 2.39. The second-order valence-corrected chi connectivity index (χ2v) is 10.1. The van der Waals surface area contributed by atoms with E-state index in [1.165, 1.54) is 37.0 Å². The first kappa shape index (κ1) is 25.0. The molecule has 1 amide bonds. The number of nitrogens with one attached hydrogen (secondary N) is 1. The molecule has 2 N–H and O–H groups in total. The summed E-state index contributed by atoms with van der Waals surface area (Å²) >= 11 is 0. The van der Waals surface area contributed by atoms with E-state index in [-0.39, 0.29) is 18.2 Å². The summed E-state index contributed by atoms with van der Waals surface area (Å²) in [5, 5.41) is 8.03. The average Bonchev–Trinajstić information content (AvgIpc) is 3.30. The normalized spacial score (nSPS) is 22.6. The van der Waals surface area contributed by atoms with Gasteiger partial charge in [0.1, 0.15) is 5.82 Å². The summed E-state index contributed by atoms with van der Waals surface area (Å²) in [6.45, 7) is 5.19. The van der Waals surface area contributed by atoms with Crippen molar-refractivity contribution in [2.45, 2.75) is 64.3 Å². The monoisotopic (exact) mass is 478 g/mol. The molecule has 1 aliphatic heterocycles. The van der Waals surface area contributed by atoms with Crippen molar-refractivity contribution in [2.75, 3.05) is 6.54 Å². The molecule has 2 fully saturated rings. The molecular weight excluding hydrogens is 443 g/mol. The van der Waals surface area contributed by atoms with Crippen molar-refractivity contribution in [2.24, 2.45) is 11.8 Å². The Bertz CT molecular complexity index is 1160. The minimum Gasteiger partial charge on any atom is -0.483 e.